The summed E-state index contributed by atoms with van der Waals surface area (Å²) in [4.78, 5) is 12.2. The van der Waals surface area contributed by atoms with E-state index in [0.717, 1.165) is 0 Å². The Morgan fingerprint density at radius 2 is 2.25 bits per heavy atom. The third-order valence-corrected chi connectivity index (χ3v) is 2.72. The molecule has 16 heavy (non-hydrogen) atoms. The Bertz CT molecular complexity index is 384. The molecule has 6 heteroatoms. The summed E-state index contributed by atoms with van der Waals surface area (Å²) in [5, 5.41) is 19.8. The normalized spacial score (nSPS) is 10.2. The van der Waals surface area contributed by atoms with E-state index in [4.69, 9.17) is 5.11 Å². The van der Waals surface area contributed by atoms with Crippen molar-refractivity contribution in [2.75, 3.05) is 24.6 Å². The number of nitro groups is 1. The van der Waals surface area contributed by atoms with Crippen molar-refractivity contribution in [2.45, 2.75) is 6.92 Å². The van der Waals surface area contributed by atoms with E-state index in [-0.39, 0.29) is 12.3 Å². The molecular formula is C10H13BrN2O3. The van der Waals surface area contributed by atoms with Crippen LogP contribution in [0.4, 0.5) is 11.4 Å². The fourth-order valence-corrected chi connectivity index (χ4v) is 1.83. The van der Waals surface area contributed by atoms with Crippen LogP contribution in [0, 0.1) is 10.1 Å². The fraction of sp³-hybridized carbons (Fsp3) is 0.400. The second-order valence-electron chi connectivity index (χ2n) is 3.19. The van der Waals surface area contributed by atoms with Gasteiger partial charge < -0.3 is 10.0 Å². The van der Waals surface area contributed by atoms with Gasteiger partial charge >= 0.3 is 0 Å². The molecule has 1 aromatic rings. The van der Waals surface area contributed by atoms with Crippen molar-refractivity contribution in [1.82, 2.24) is 0 Å². The molecule has 0 aromatic heterocycles. The highest BCUT2D eigenvalue weighted by Crippen LogP contribution is 2.30. The molecule has 0 spiro atoms. The lowest BCUT2D eigenvalue weighted by atomic mass is 10.2. The van der Waals surface area contributed by atoms with Crippen molar-refractivity contribution < 1.29 is 10.0 Å². The van der Waals surface area contributed by atoms with E-state index in [2.05, 4.69) is 15.9 Å². The van der Waals surface area contributed by atoms with E-state index in [9.17, 15) is 10.1 Å². The largest absolute Gasteiger partial charge is 0.395 e. The Balaban J connectivity index is 3.14. The van der Waals surface area contributed by atoms with Gasteiger partial charge in [0.15, 0.2) is 0 Å². The van der Waals surface area contributed by atoms with Crippen molar-refractivity contribution in [1.29, 1.82) is 0 Å². The highest BCUT2D eigenvalue weighted by Gasteiger charge is 2.18. The molecule has 5 nitrogen and oxygen atoms in total. The quantitative estimate of drug-likeness (QED) is 0.666. The van der Waals surface area contributed by atoms with Crippen molar-refractivity contribution in [3.63, 3.8) is 0 Å². The Labute approximate surface area is 102 Å². The second kappa shape index (κ2) is 5.81. The first-order chi connectivity index (χ1) is 7.60. The zero-order chi connectivity index (χ0) is 12.1. The molecule has 0 radical (unpaired) electrons. The number of rotatable bonds is 5. The first-order valence-electron chi connectivity index (χ1n) is 4.90. The van der Waals surface area contributed by atoms with Gasteiger partial charge in [0.1, 0.15) is 5.69 Å². The molecule has 0 aliphatic rings. The average molecular weight is 289 g/mol. The molecule has 1 N–H and O–H groups in total. The van der Waals surface area contributed by atoms with Gasteiger partial charge in [-0.1, -0.05) is 15.9 Å². The van der Waals surface area contributed by atoms with Crippen LogP contribution in [0.15, 0.2) is 22.7 Å². The molecule has 0 amide bonds. The first-order valence-corrected chi connectivity index (χ1v) is 5.69. The molecule has 88 valence electrons. The highest BCUT2D eigenvalue weighted by atomic mass is 79.9. The number of nitro benzene ring substituents is 1. The monoisotopic (exact) mass is 288 g/mol. The summed E-state index contributed by atoms with van der Waals surface area (Å²) in [5.74, 6) is 0. The molecule has 0 bridgehead atoms. The molecule has 0 aliphatic heterocycles. The van der Waals surface area contributed by atoms with Crippen LogP contribution in [-0.4, -0.2) is 29.7 Å². The van der Waals surface area contributed by atoms with Crippen molar-refractivity contribution in [3.05, 3.63) is 32.8 Å². The zero-order valence-corrected chi connectivity index (χ0v) is 10.5. The minimum atomic E-state index is -0.417. The molecule has 0 saturated carbocycles. The maximum absolute atomic E-state index is 10.9. The van der Waals surface area contributed by atoms with E-state index < -0.39 is 4.92 Å². The standard InChI is InChI=1S/C10H13BrN2O3/c1-2-12(5-6-14)9-4-3-8(11)7-10(9)13(15)16/h3-4,7,14H,2,5-6H2,1H3. The van der Waals surface area contributed by atoms with Crippen LogP contribution in [0.2, 0.25) is 0 Å². The maximum atomic E-state index is 10.9. The van der Waals surface area contributed by atoms with Crippen LogP contribution in [0.5, 0.6) is 0 Å². The number of aliphatic hydroxyl groups is 1. The van der Waals surface area contributed by atoms with Gasteiger partial charge in [-0.05, 0) is 19.1 Å². The lowest BCUT2D eigenvalue weighted by Gasteiger charge is -2.21. The minimum absolute atomic E-state index is 0.0267. The third kappa shape index (κ3) is 2.93. The molecule has 0 saturated heterocycles. The number of hydrogen-bond acceptors (Lipinski definition) is 4. The summed E-state index contributed by atoms with van der Waals surface area (Å²) in [5.41, 5.74) is 0.578. The molecule has 0 fully saturated rings. The van der Waals surface area contributed by atoms with E-state index in [1.54, 1.807) is 17.0 Å². The molecule has 0 aliphatic carbocycles. The van der Waals surface area contributed by atoms with E-state index >= 15 is 0 Å². The number of aliphatic hydroxyl groups excluding tert-OH is 1. The zero-order valence-electron chi connectivity index (χ0n) is 8.89. The Morgan fingerprint density at radius 1 is 1.56 bits per heavy atom. The smallest absolute Gasteiger partial charge is 0.293 e. The molecular weight excluding hydrogens is 276 g/mol. The summed E-state index contributed by atoms with van der Waals surface area (Å²) in [6, 6.07) is 4.90. The number of benzene rings is 1. The lowest BCUT2D eigenvalue weighted by Crippen LogP contribution is -2.26. The summed E-state index contributed by atoms with van der Waals surface area (Å²) in [6.07, 6.45) is 0. The summed E-state index contributed by atoms with van der Waals surface area (Å²) in [7, 11) is 0. The van der Waals surface area contributed by atoms with Gasteiger partial charge in [0.2, 0.25) is 0 Å². The molecule has 0 atom stereocenters. The Hall–Kier alpha value is -1.14. The van der Waals surface area contributed by atoms with Crippen LogP contribution < -0.4 is 4.90 Å². The predicted molar refractivity (Wildman–Crippen MR) is 65.8 cm³/mol. The third-order valence-electron chi connectivity index (χ3n) is 2.23. The first kappa shape index (κ1) is 12.9. The number of anilines is 1. The van der Waals surface area contributed by atoms with Gasteiger partial charge in [-0.2, -0.15) is 0 Å². The summed E-state index contributed by atoms with van der Waals surface area (Å²) < 4.78 is 0.669. The van der Waals surface area contributed by atoms with Crippen molar-refractivity contribution >= 4 is 27.3 Å². The molecule has 1 rings (SSSR count). The Morgan fingerprint density at radius 3 is 2.75 bits per heavy atom. The van der Waals surface area contributed by atoms with E-state index in [0.29, 0.717) is 23.2 Å². The lowest BCUT2D eigenvalue weighted by molar-refractivity contribution is -0.384. The van der Waals surface area contributed by atoms with Crippen LogP contribution >= 0.6 is 15.9 Å². The maximum Gasteiger partial charge on any atom is 0.293 e. The van der Waals surface area contributed by atoms with Crippen LogP contribution in [0.1, 0.15) is 6.92 Å². The second-order valence-corrected chi connectivity index (χ2v) is 4.11. The topological polar surface area (TPSA) is 66.6 Å². The number of hydrogen-bond donors (Lipinski definition) is 1. The van der Waals surface area contributed by atoms with Crippen LogP contribution in [0.25, 0.3) is 0 Å². The van der Waals surface area contributed by atoms with Crippen molar-refractivity contribution in [3.8, 4) is 0 Å². The van der Waals surface area contributed by atoms with Gasteiger partial charge in [0.25, 0.3) is 5.69 Å². The van der Waals surface area contributed by atoms with Crippen LogP contribution in [0.3, 0.4) is 0 Å². The average Bonchev–Trinajstić information content (AvgIpc) is 2.26. The van der Waals surface area contributed by atoms with Gasteiger partial charge in [0, 0.05) is 23.6 Å². The van der Waals surface area contributed by atoms with Gasteiger partial charge in [-0.15, -0.1) is 0 Å². The molecule has 1 aromatic carbocycles. The van der Waals surface area contributed by atoms with Gasteiger partial charge in [0.05, 0.1) is 11.5 Å². The number of halogens is 1. The van der Waals surface area contributed by atoms with Gasteiger partial charge in [-0.3, -0.25) is 10.1 Å². The summed E-state index contributed by atoms with van der Waals surface area (Å²) >= 11 is 3.20. The molecule has 0 heterocycles. The van der Waals surface area contributed by atoms with Gasteiger partial charge in [-0.25, -0.2) is 0 Å². The Kier molecular flexibility index (Phi) is 4.70. The molecule has 0 unspecified atom stereocenters. The highest BCUT2D eigenvalue weighted by molar-refractivity contribution is 9.10. The fourth-order valence-electron chi connectivity index (χ4n) is 1.48. The number of nitrogens with zero attached hydrogens (tertiary/aromatic N) is 2. The van der Waals surface area contributed by atoms with E-state index in [1.807, 2.05) is 6.92 Å². The predicted octanol–water partition coefficient (Wildman–Crippen LogP) is 2.18. The number of likely N-dealkylation sites (N-methyl/N-ethyl adjacent to an activating group) is 1. The SMILES string of the molecule is CCN(CCO)c1ccc(Br)cc1[N+](=O)[O-]. The van der Waals surface area contributed by atoms with Crippen LogP contribution in [-0.2, 0) is 0 Å². The van der Waals surface area contributed by atoms with Crippen molar-refractivity contribution in [2.24, 2.45) is 0 Å². The minimum Gasteiger partial charge on any atom is -0.395 e. The summed E-state index contributed by atoms with van der Waals surface area (Å²) in [6.45, 7) is 2.87. The van der Waals surface area contributed by atoms with E-state index in [1.165, 1.54) is 6.07 Å².